The number of aliphatic hydroxyl groups excluding tert-OH is 1. The molecule has 7 heteroatoms. The predicted molar refractivity (Wildman–Crippen MR) is 103 cm³/mol. The zero-order chi connectivity index (χ0) is 19.4. The Morgan fingerprint density at radius 1 is 1.26 bits per heavy atom. The fourth-order valence-corrected chi connectivity index (χ4v) is 3.65. The number of piperidine rings is 1. The summed E-state index contributed by atoms with van der Waals surface area (Å²) >= 11 is 0. The van der Waals surface area contributed by atoms with Crippen molar-refractivity contribution in [3.63, 3.8) is 0 Å². The first kappa shape index (κ1) is 19.5. The second kappa shape index (κ2) is 8.63. The number of amides is 1. The highest BCUT2D eigenvalue weighted by molar-refractivity contribution is 5.78. The van der Waals surface area contributed by atoms with Crippen molar-refractivity contribution in [2.75, 3.05) is 19.6 Å². The van der Waals surface area contributed by atoms with Gasteiger partial charge in [0.05, 0.1) is 12.6 Å². The normalized spacial score (nSPS) is 17.0. The van der Waals surface area contributed by atoms with E-state index in [2.05, 4.69) is 51.6 Å². The molecule has 3 rings (SSSR count). The van der Waals surface area contributed by atoms with Crippen molar-refractivity contribution in [3.8, 4) is 0 Å². The molecule has 0 aliphatic carbocycles. The quantitative estimate of drug-likeness (QED) is 0.807. The van der Waals surface area contributed by atoms with Gasteiger partial charge in [-0.25, -0.2) is 0 Å². The van der Waals surface area contributed by atoms with Crippen molar-refractivity contribution >= 4 is 5.91 Å². The fourth-order valence-electron chi connectivity index (χ4n) is 3.65. The summed E-state index contributed by atoms with van der Waals surface area (Å²) in [6, 6.07) is 8.27. The molecule has 1 aromatic carbocycles. The van der Waals surface area contributed by atoms with Crippen LogP contribution in [0.15, 0.2) is 24.3 Å². The maximum Gasteiger partial charge on any atom is 0.234 e. The lowest BCUT2D eigenvalue weighted by Crippen LogP contribution is -2.42. The first-order chi connectivity index (χ1) is 13.0. The number of carbonyl (C=O) groups is 1. The van der Waals surface area contributed by atoms with Gasteiger partial charge in [-0.15, -0.1) is 10.2 Å². The predicted octanol–water partition coefficient (Wildman–Crippen LogP) is 1.67. The number of hydrogen-bond acceptors (Lipinski definition) is 5. The molecule has 0 radical (unpaired) electrons. The topological polar surface area (TPSA) is 83.3 Å². The van der Waals surface area contributed by atoms with Gasteiger partial charge in [-0.3, -0.25) is 9.69 Å². The van der Waals surface area contributed by atoms with Gasteiger partial charge in [0.15, 0.2) is 5.82 Å². The molecule has 1 unspecified atom stereocenters. The van der Waals surface area contributed by atoms with Crippen molar-refractivity contribution < 1.29 is 9.90 Å². The van der Waals surface area contributed by atoms with Crippen LogP contribution in [0.25, 0.3) is 0 Å². The molecule has 146 valence electrons. The van der Waals surface area contributed by atoms with Crippen LogP contribution in [-0.4, -0.2) is 50.3 Å². The number of aryl methyl sites for hydroxylation is 1. The van der Waals surface area contributed by atoms with Gasteiger partial charge in [0.25, 0.3) is 0 Å². The van der Waals surface area contributed by atoms with E-state index in [4.69, 9.17) is 0 Å². The van der Waals surface area contributed by atoms with E-state index in [1.54, 1.807) is 0 Å². The molecule has 0 saturated carbocycles. The van der Waals surface area contributed by atoms with Gasteiger partial charge in [0.2, 0.25) is 5.91 Å². The first-order valence-electron chi connectivity index (χ1n) is 9.55. The van der Waals surface area contributed by atoms with Crippen LogP contribution < -0.4 is 5.32 Å². The van der Waals surface area contributed by atoms with Crippen LogP contribution in [0.2, 0.25) is 0 Å². The van der Waals surface area contributed by atoms with Crippen LogP contribution in [0, 0.1) is 6.92 Å². The Labute approximate surface area is 160 Å². The number of carbonyl (C=O) groups excluding carboxylic acids is 1. The number of nitrogens with one attached hydrogen (secondary N) is 1. The minimum Gasteiger partial charge on any atom is -0.388 e. The van der Waals surface area contributed by atoms with Crippen LogP contribution in [0.4, 0.5) is 0 Å². The summed E-state index contributed by atoms with van der Waals surface area (Å²) in [6.07, 6.45) is 1.89. The number of rotatable bonds is 6. The molecular weight excluding hydrogens is 342 g/mol. The largest absolute Gasteiger partial charge is 0.388 e. The third kappa shape index (κ3) is 4.73. The molecular formula is C20H29N5O2. The summed E-state index contributed by atoms with van der Waals surface area (Å²) in [4.78, 5) is 14.6. The smallest absolute Gasteiger partial charge is 0.234 e. The summed E-state index contributed by atoms with van der Waals surface area (Å²) in [7, 11) is 1.90. The van der Waals surface area contributed by atoms with Gasteiger partial charge < -0.3 is 15.0 Å². The Morgan fingerprint density at radius 2 is 1.93 bits per heavy atom. The van der Waals surface area contributed by atoms with Crippen LogP contribution in [0.1, 0.15) is 54.5 Å². The summed E-state index contributed by atoms with van der Waals surface area (Å²) in [6.45, 7) is 6.12. The summed E-state index contributed by atoms with van der Waals surface area (Å²) in [5.74, 6) is 1.91. The van der Waals surface area contributed by atoms with Crippen molar-refractivity contribution in [3.05, 3.63) is 47.0 Å². The molecule has 1 saturated heterocycles. The first-order valence-corrected chi connectivity index (χ1v) is 9.55. The average Bonchev–Trinajstić information content (AvgIpc) is 3.03. The minimum atomic E-state index is -0.0956. The molecule has 2 N–H and O–H groups in total. The van der Waals surface area contributed by atoms with E-state index in [9.17, 15) is 9.90 Å². The maximum atomic E-state index is 12.4. The van der Waals surface area contributed by atoms with Gasteiger partial charge in [-0.2, -0.15) is 0 Å². The van der Waals surface area contributed by atoms with Crippen LogP contribution in [-0.2, 0) is 18.4 Å². The number of aromatic nitrogens is 3. The lowest BCUT2D eigenvalue weighted by atomic mass is 9.96. The van der Waals surface area contributed by atoms with E-state index in [0.29, 0.717) is 18.3 Å². The number of aliphatic hydroxyl groups is 1. The zero-order valence-electron chi connectivity index (χ0n) is 16.4. The molecule has 2 aromatic rings. The molecule has 7 nitrogen and oxygen atoms in total. The Balaban J connectivity index is 1.47. The monoisotopic (exact) mass is 371 g/mol. The zero-order valence-corrected chi connectivity index (χ0v) is 16.4. The van der Waals surface area contributed by atoms with Gasteiger partial charge in [0.1, 0.15) is 12.4 Å². The summed E-state index contributed by atoms with van der Waals surface area (Å²) in [5.41, 5.74) is 2.34. The van der Waals surface area contributed by atoms with Crippen molar-refractivity contribution in [2.45, 2.75) is 45.3 Å². The second-order valence-electron chi connectivity index (χ2n) is 7.44. The highest BCUT2D eigenvalue weighted by Gasteiger charge is 2.26. The maximum absolute atomic E-state index is 12.4. The Morgan fingerprint density at radius 3 is 2.52 bits per heavy atom. The van der Waals surface area contributed by atoms with Crippen molar-refractivity contribution in [1.29, 1.82) is 0 Å². The van der Waals surface area contributed by atoms with E-state index in [0.717, 1.165) is 37.3 Å². The highest BCUT2D eigenvalue weighted by Crippen LogP contribution is 2.26. The Hall–Kier alpha value is -2.25. The highest BCUT2D eigenvalue weighted by atomic mass is 16.3. The SMILES string of the molecule is Cc1ccc(C(C)NC(=O)CN2CCC(c3nnc(CO)n3C)CC2)cc1. The standard InChI is InChI=1S/C20H29N5O2/c1-14-4-6-16(7-5-14)15(2)21-19(27)12-25-10-8-17(9-11-25)20-23-22-18(13-26)24(20)3/h4-7,15,17,26H,8-13H2,1-3H3,(H,21,27). The van der Waals surface area contributed by atoms with Crippen molar-refractivity contribution in [1.82, 2.24) is 25.0 Å². The lowest BCUT2D eigenvalue weighted by molar-refractivity contribution is -0.123. The van der Waals surface area contributed by atoms with Gasteiger partial charge in [0, 0.05) is 13.0 Å². The van der Waals surface area contributed by atoms with E-state index < -0.39 is 0 Å². The third-order valence-corrected chi connectivity index (χ3v) is 5.41. The number of likely N-dealkylation sites (tertiary alicyclic amines) is 1. The summed E-state index contributed by atoms with van der Waals surface area (Å²) in [5, 5.41) is 20.6. The second-order valence-corrected chi connectivity index (χ2v) is 7.44. The number of nitrogens with zero attached hydrogens (tertiary/aromatic N) is 4. The Bertz CT molecular complexity index is 763. The molecule has 1 fully saturated rings. The molecule has 0 bridgehead atoms. The number of hydrogen-bond donors (Lipinski definition) is 2. The molecule has 1 aliphatic rings. The van der Waals surface area contributed by atoms with E-state index in [-0.39, 0.29) is 18.6 Å². The van der Waals surface area contributed by atoms with Crippen LogP contribution >= 0.6 is 0 Å². The molecule has 27 heavy (non-hydrogen) atoms. The molecule has 1 aromatic heterocycles. The Kier molecular flexibility index (Phi) is 6.23. The van der Waals surface area contributed by atoms with E-state index >= 15 is 0 Å². The van der Waals surface area contributed by atoms with Crippen LogP contribution in [0.5, 0.6) is 0 Å². The summed E-state index contributed by atoms with van der Waals surface area (Å²) < 4.78 is 1.89. The van der Waals surface area contributed by atoms with E-state index in [1.165, 1.54) is 5.56 Å². The average molecular weight is 371 g/mol. The molecule has 1 atom stereocenters. The van der Waals surface area contributed by atoms with Gasteiger partial charge in [-0.05, 0) is 45.3 Å². The molecule has 0 spiro atoms. The lowest BCUT2D eigenvalue weighted by Gasteiger charge is -2.31. The van der Waals surface area contributed by atoms with Gasteiger partial charge >= 0.3 is 0 Å². The number of benzene rings is 1. The van der Waals surface area contributed by atoms with Crippen LogP contribution in [0.3, 0.4) is 0 Å². The molecule has 1 amide bonds. The van der Waals surface area contributed by atoms with Crippen molar-refractivity contribution in [2.24, 2.45) is 7.05 Å². The molecule has 1 aliphatic heterocycles. The molecule has 2 heterocycles. The van der Waals surface area contributed by atoms with Gasteiger partial charge in [-0.1, -0.05) is 29.8 Å². The third-order valence-electron chi connectivity index (χ3n) is 5.41. The van der Waals surface area contributed by atoms with E-state index in [1.807, 2.05) is 18.5 Å². The fraction of sp³-hybridized carbons (Fsp3) is 0.550. The minimum absolute atomic E-state index is 0.00573.